The number of hydrogen-bond donors (Lipinski definition) is 2. The maximum absolute atomic E-state index is 12.9. The third-order valence-electron chi connectivity index (χ3n) is 4.11. The summed E-state index contributed by atoms with van der Waals surface area (Å²) in [5.41, 5.74) is 0.470. The number of rotatable bonds is 6. The van der Waals surface area contributed by atoms with Crippen LogP contribution in [0.15, 0.2) is 34.2 Å². The molecule has 0 aliphatic rings. The van der Waals surface area contributed by atoms with Crippen LogP contribution in [0.4, 0.5) is 4.79 Å². The zero-order valence-corrected chi connectivity index (χ0v) is 17.1. The van der Waals surface area contributed by atoms with Crippen LogP contribution in [0.1, 0.15) is 47.1 Å². The van der Waals surface area contributed by atoms with Crippen LogP contribution in [0, 0.1) is 0 Å². The molecule has 1 heterocycles. The van der Waals surface area contributed by atoms with E-state index < -0.39 is 17.2 Å². The first-order valence-corrected chi connectivity index (χ1v) is 9.91. The summed E-state index contributed by atoms with van der Waals surface area (Å²) in [6, 6.07) is 6.50. The Kier molecular flexibility index (Phi) is 7.01. The van der Waals surface area contributed by atoms with Crippen LogP contribution in [-0.4, -0.2) is 32.8 Å². The van der Waals surface area contributed by atoms with Gasteiger partial charge in [0, 0.05) is 12.1 Å². The Hall–Kier alpha value is -2.35. The van der Waals surface area contributed by atoms with Crippen molar-refractivity contribution >= 4 is 34.6 Å². The Balaban J connectivity index is 2.32. The summed E-state index contributed by atoms with van der Waals surface area (Å²) in [6.45, 7) is 9.25. The molecule has 27 heavy (non-hydrogen) atoms. The van der Waals surface area contributed by atoms with Gasteiger partial charge in [-0.3, -0.25) is 19.5 Å². The second-order valence-electron chi connectivity index (χ2n) is 6.72. The number of benzene rings is 1. The number of nitrogens with zero attached hydrogens (tertiary/aromatic N) is 2. The van der Waals surface area contributed by atoms with E-state index in [1.54, 1.807) is 23.6 Å². The molecule has 0 spiro atoms. The number of thioether (sulfide) groups is 1. The highest BCUT2D eigenvalue weighted by Gasteiger charge is 2.22. The van der Waals surface area contributed by atoms with Gasteiger partial charge in [-0.05, 0) is 46.2 Å². The Morgan fingerprint density at radius 3 is 2.48 bits per heavy atom. The average Bonchev–Trinajstić information content (AvgIpc) is 2.60. The molecule has 7 nitrogen and oxygen atoms in total. The molecule has 2 N–H and O–H groups in total. The van der Waals surface area contributed by atoms with E-state index in [4.69, 9.17) is 0 Å². The van der Waals surface area contributed by atoms with Crippen molar-refractivity contribution < 1.29 is 9.59 Å². The minimum absolute atomic E-state index is 0.0587. The summed E-state index contributed by atoms with van der Waals surface area (Å²) in [5.74, 6) is -0.434. The third kappa shape index (κ3) is 5.09. The van der Waals surface area contributed by atoms with Gasteiger partial charge < -0.3 is 5.32 Å². The molecule has 1 aromatic carbocycles. The summed E-state index contributed by atoms with van der Waals surface area (Å²) in [7, 11) is 0. The molecule has 0 fully saturated rings. The van der Waals surface area contributed by atoms with E-state index in [1.165, 1.54) is 11.8 Å². The second kappa shape index (κ2) is 9.03. The van der Waals surface area contributed by atoms with Crippen molar-refractivity contribution in [2.45, 2.75) is 63.5 Å². The molecule has 0 aliphatic heterocycles. The predicted molar refractivity (Wildman–Crippen MR) is 108 cm³/mol. The minimum atomic E-state index is -0.591. The molecule has 0 radical (unpaired) electrons. The van der Waals surface area contributed by atoms with Gasteiger partial charge in [0.05, 0.1) is 16.2 Å². The highest BCUT2D eigenvalue weighted by Crippen LogP contribution is 2.25. The second-order valence-corrected chi connectivity index (χ2v) is 8.03. The van der Waals surface area contributed by atoms with Gasteiger partial charge in [-0.15, -0.1) is 0 Å². The van der Waals surface area contributed by atoms with E-state index in [-0.39, 0.29) is 17.6 Å². The quantitative estimate of drug-likeness (QED) is 0.584. The normalized spacial score (nSPS) is 13.4. The van der Waals surface area contributed by atoms with Crippen molar-refractivity contribution in [3.05, 3.63) is 34.6 Å². The van der Waals surface area contributed by atoms with E-state index in [9.17, 15) is 14.4 Å². The number of carbonyl (C=O) groups excluding carboxylic acids is 2. The summed E-state index contributed by atoms with van der Waals surface area (Å²) >= 11 is 1.17. The molecule has 2 rings (SSSR count). The maximum atomic E-state index is 12.9. The SMILES string of the molecule is CC[C@@H](C)n1c(S[C@H](C)C(=O)NC(=O)NC(C)C)nc2ccccc2c1=O. The molecule has 0 bridgehead atoms. The molecule has 0 aliphatic carbocycles. The number of hydrogen-bond acceptors (Lipinski definition) is 5. The molecule has 0 unspecified atom stereocenters. The third-order valence-corrected chi connectivity index (χ3v) is 5.18. The monoisotopic (exact) mass is 390 g/mol. The summed E-state index contributed by atoms with van der Waals surface area (Å²) in [6.07, 6.45) is 0.755. The van der Waals surface area contributed by atoms with E-state index in [1.807, 2.05) is 39.8 Å². The first-order chi connectivity index (χ1) is 12.7. The lowest BCUT2D eigenvalue weighted by Gasteiger charge is -2.20. The number of aromatic nitrogens is 2. The van der Waals surface area contributed by atoms with Gasteiger partial charge in [0.15, 0.2) is 5.16 Å². The van der Waals surface area contributed by atoms with Crippen molar-refractivity contribution in [3.8, 4) is 0 Å². The number of para-hydroxylation sites is 1. The van der Waals surface area contributed by atoms with Gasteiger partial charge in [-0.2, -0.15) is 0 Å². The first kappa shape index (κ1) is 21.0. The molecule has 2 aromatic rings. The molecule has 3 amide bonds. The Morgan fingerprint density at radius 1 is 1.19 bits per heavy atom. The molecule has 2 atom stereocenters. The fourth-order valence-corrected chi connectivity index (χ4v) is 3.51. The zero-order chi connectivity index (χ0) is 20.1. The van der Waals surface area contributed by atoms with Gasteiger partial charge in [0.25, 0.3) is 5.56 Å². The van der Waals surface area contributed by atoms with Crippen LogP contribution in [0.2, 0.25) is 0 Å². The maximum Gasteiger partial charge on any atom is 0.321 e. The standard InChI is InChI=1S/C19H26N4O3S/c1-6-12(4)23-17(25)14-9-7-8-10-15(14)21-19(23)27-13(5)16(24)22-18(26)20-11(2)3/h7-13H,6H2,1-5H3,(H2,20,22,24,26)/t12-,13-/m1/s1. The Morgan fingerprint density at radius 2 is 1.85 bits per heavy atom. The molecule has 146 valence electrons. The van der Waals surface area contributed by atoms with Gasteiger partial charge >= 0.3 is 6.03 Å². The van der Waals surface area contributed by atoms with Crippen LogP contribution in [0.3, 0.4) is 0 Å². The van der Waals surface area contributed by atoms with Crippen LogP contribution < -0.4 is 16.2 Å². The predicted octanol–water partition coefficient (Wildman–Crippen LogP) is 3.08. The summed E-state index contributed by atoms with van der Waals surface area (Å²) < 4.78 is 1.63. The molecule has 0 saturated heterocycles. The largest absolute Gasteiger partial charge is 0.336 e. The molecule has 1 aromatic heterocycles. The molecular weight excluding hydrogens is 364 g/mol. The van der Waals surface area contributed by atoms with Gasteiger partial charge in [0.1, 0.15) is 0 Å². The van der Waals surface area contributed by atoms with E-state index in [0.717, 1.165) is 6.42 Å². The molecule has 8 heteroatoms. The van der Waals surface area contributed by atoms with Crippen molar-refractivity contribution in [3.63, 3.8) is 0 Å². The number of nitrogens with one attached hydrogen (secondary N) is 2. The number of imide groups is 1. The molecule has 0 saturated carbocycles. The number of urea groups is 1. The van der Waals surface area contributed by atoms with Crippen LogP contribution in [0.25, 0.3) is 10.9 Å². The average molecular weight is 391 g/mol. The van der Waals surface area contributed by atoms with E-state index in [0.29, 0.717) is 16.1 Å². The highest BCUT2D eigenvalue weighted by atomic mass is 32.2. The zero-order valence-electron chi connectivity index (χ0n) is 16.3. The Bertz CT molecular complexity index is 894. The smallest absolute Gasteiger partial charge is 0.321 e. The van der Waals surface area contributed by atoms with Crippen LogP contribution in [-0.2, 0) is 4.79 Å². The van der Waals surface area contributed by atoms with Crippen molar-refractivity contribution in [2.75, 3.05) is 0 Å². The number of carbonyl (C=O) groups is 2. The topological polar surface area (TPSA) is 93.1 Å². The van der Waals surface area contributed by atoms with Crippen molar-refractivity contribution in [2.24, 2.45) is 0 Å². The number of amides is 3. The van der Waals surface area contributed by atoms with E-state index >= 15 is 0 Å². The first-order valence-electron chi connectivity index (χ1n) is 9.03. The van der Waals surface area contributed by atoms with Crippen molar-refractivity contribution in [1.82, 2.24) is 20.2 Å². The highest BCUT2D eigenvalue weighted by molar-refractivity contribution is 8.00. The molecular formula is C19H26N4O3S. The van der Waals surface area contributed by atoms with Crippen LogP contribution >= 0.6 is 11.8 Å². The lowest BCUT2D eigenvalue weighted by Crippen LogP contribution is -2.45. The summed E-state index contributed by atoms with van der Waals surface area (Å²) in [4.78, 5) is 41.6. The fourth-order valence-electron chi connectivity index (χ4n) is 2.50. The van der Waals surface area contributed by atoms with Gasteiger partial charge in [-0.25, -0.2) is 9.78 Å². The van der Waals surface area contributed by atoms with Crippen molar-refractivity contribution in [1.29, 1.82) is 0 Å². The lowest BCUT2D eigenvalue weighted by molar-refractivity contribution is -0.119. The summed E-state index contributed by atoms with van der Waals surface area (Å²) in [5, 5.41) is 5.37. The fraction of sp³-hybridized carbons (Fsp3) is 0.474. The lowest BCUT2D eigenvalue weighted by atomic mass is 10.2. The Labute approximate surface area is 162 Å². The number of fused-ring (bicyclic) bond motifs is 1. The van der Waals surface area contributed by atoms with Gasteiger partial charge in [0.2, 0.25) is 5.91 Å². The van der Waals surface area contributed by atoms with Crippen LogP contribution in [0.5, 0.6) is 0 Å². The minimum Gasteiger partial charge on any atom is -0.336 e. The van der Waals surface area contributed by atoms with E-state index in [2.05, 4.69) is 15.6 Å². The van der Waals surface area contributed by atoms with Gasteiger partial charge in [-0.1, -0.05) is 30.8 Å².